The molecule has 88 valence electrons. The zero-order valence-corrected chi connectivity index (χ0v) is 10.3. The van der Waals surface area contributed by atoms with Crippen molar-refractivity contribution in [2.24, 2.45) is 0 Å². The van der Waals surface area contributed by atoms with Crippen molar-refractivity contribution >= 4 is 11.8 Å². The van der Waals surface area contributed by atoms with E-state index in [1.807, 2.05) is 27.7 Å². The Bertz CT molecular complexity index is 227. The lowest BCUT2D eigenvalue weighted by Gasteiger charge is -2.25. The molecule has 0 aliphatic carbocycles. The number of rotatable bonds is 5. The molecule has 0 aromatic rings. The maximum absolute atomic E-state index is 11.5. The topological polar surface area (TPSA) is 49.4 Å². The van der Waals surface area contributed by atoms with E-state index in [4.69, 9.17) is 0 Å². The van der Waals surface area contributed by atoms with Gasteiger partial charge in [0.05, 0.1) is 6.54 Å². The number of carbonyl (C=O) groups is 2. The number of carbonyl (C=O) groups excluding carboxylic acids is 2. The van der Waals surface area contributed by atoms with Gasteiger partial charge in [0.1, 0.15) is 0 Å². The first-order chi connectivity index (χ1) is 6.88. The minimum atomic E-state index is -0.0896. The Kier molecular flexibility index (Phi) is 5.97. The molecule has 0 aliphatic rings. The highest BCUT2D eigenvalue weighted by molar-refractivity contribution is 5.84. The summed E-state index contributed by atoms with van der Waals surface area (Å²) in [5.74, 6) is -0.155. The molecule has 2 amide bonds. The van der Waals surface area contributed by atoms with Crippen LogP contribution in [-0.4, -0.2) is 35.3 Å². The van der Waals surface area contributed by atoms with Crippen LogP contribution in [0.3, 0.4) is 0 Å². The molecule has 0 fully saturated rings. The van der Waals surface area contributed by atoms with Crippen LogP contribution in [0, 0.1) is 0 Å². The average molecular weight is 214 g/mol. The fraction of sp³-hybridized carbons (Fsp3) is 0.818. The Balaban J connectivity index is 4.18. The second-order valence-corrected chi connectivity index (χ2v) is 4.12. The lowest BCUT2D eigenvalue weighted by atomic mass is 10.2. The minimum Gasteiger partial charge on any atom is -0.352 e. The van der Waals surface area contributed by atoms with Gasteiger partial charge < -0.3 is 10.2 Å². The van der Waals surface area contributed by atoms with Crippen LogP contribution in [0.5, 0.6) is 0 Å². The van der Waals surface area contributed by atoms with E-state index in [-0.39, 0.29) is 30.4 Å². The zero-order chi connectivity index (χ0) is 12.0. The van der Waals surface area contributed by atoms with Crippen molar-refractivity contribution in [3.05, 3.63) is 0 Å². The van der Waals surface area contributed by atoms with E-state index in [0.29, 0.717) is 0 Å². The van der Waals surface area contributed by atoms with Crippen LogP contribution in [0.25, 0.3) is 0 Å². The van der Waals surface area contributed by atoms with Gasteiger partial charge in [-0.2, -0.15) is 0 Å². The van der Waals surface area contributed by atoms with E-state index >= 15 is 0 Å². The standard InChI is InChI=1S/C11H22N2O2/c1-6-9(4)12-11(15)7-13(8(2)3)10(5)14/h8-9H,6-7H2,1-5H3,(H,12,15). The van der Waals surface area contributed by atoms with Crippen LogP contribution in [-0.2, 0) is 9.59 Å². The predicted molar refractivity (Wildman–Crippen MR) is 60.4 cm³/mol. The fourth-order valence-electron chi connectivity index (χ4n) is 1.23. The highest BCUT2D eigenvalue weighted by atomic mass is 16.2. The molecule has 0 saturated carbocycles. The van der Waals surface area contributed by atoms with Crippen molar-refractivity contribution < 1.29 is 9.59 Å². The molecule has 4 heteroatoms. The first-order valence-electron chi connectivity index (χ1n) is 5.45. The summed E-state index contributed by atoms with van der Waals surface area (Å²) in [6, 6.07) is 0.226. The monoisotopic (exact) mass is 214 g/mol. The van der Waals surface area contributed by atoms with E-state index in [0.717, 1.165) is 6.42 Å². The number of hydrogen-bond donors (Lipinski definition) is 1. The molecule has 0 aromatic heterocycles. The third kappa shape index (κ3) is 5.40. The Labute approximate surface area is 92.0 Å². The summed E-state index contributed by atoms with van der Waals surface area (Å²) in [5, 5.41) is 2.84. The molecule has 0 heterocycles. The number of hydrogen-bond acceptors (Lipinski definition) is 2. The van der Waals surface area contributed by atoms with Crippen molar-refractivity contribution in [1.82, 2.24) is 10.2 Å². The maximum Gasteiger partial charge on any atom is 0.239 e. The van der Waals surface area contributed by atoms with Crippen LogP contribution in [0.2, 0.25) is 0 Å². The largest absolute Gasteiger partial charge is 0.352 e. The number of nitrogens with zero attached hydrogens (tertiary/aromatic N) is 1. The van der Waals surface area contributed by atoms with Gasteiger partial charge in [0.2, 0.25) is 11.8 Å². The van der Waals surface area contributed by atoms with E-state index in [2.05, 4.69) is 5.32 Å². The molecule has 0 aromatic carbocycles. The summed E-state index contributed by atoms with van der Waals surface area (Å²) < 4.78 is 0. The predicted octanol–water partition coefficient (Wildman–Crippen LogP) is 1.16. The molecular formula is C11H22N2O2. The van der Waals surface area contributed by atoms with Crippen molar-refractivity contribution in [2.45, 2.75) is 53.1 Å². The molecule has 0 spiro atoms. The number of nitrogens with one attached hydrogen (secondary N) is 1. The van der Waals surface area contributed by atoms with Gasteiger partial charge in [0, 0.05) is 19.0 Å². The second-order valence-electron chi connectivity index (χ2n) is 4.12. The van der Waals surface area contributed by atoms with Gasteiger partial charge in [-0.15, -0.1) is 0 Å². The summed E-state index contributed by atoms with van der Waals surface area (Å²) in [5.41, 5.74) is 0. The smallest absolute Gasteiger partial charge is 0.239 e. The van der Waals surface area contributed by atoms with Gasteiger partial charge in [0.25, 0.3) is 0 Å². The molecule has 1 N–H and O–H groups in total. The van der Waals surface area contributed by atoms with Gasteiger partial charge in [-0.1, -0.05) is 6.92 Å². The molecule has 1 unspecified atom stereocenters. The summed E-state index contributed by atoms with van der Waals surface area (Å²) in [4.78, 5) is 24.3. The molecule has 1 atom stereocenters. The van der Waals surface area contributed by atoms with Gasteiger partial charge in [-0.25, -0.2) is 0 Å². The van der Waals surface area contributed by atoms with Crippen LogP contribution < -0.4 is 5.32 Å². The van der Waals surface area contributed by atoms with Crippen molar-refractivity contribution in [3.63, 3.8) is 0 Å². The number of amides is 2. The van der Waals surface area contributed by atoms with Crippen molar-refractivity contribution in [1.29, 1.82) is 0 Å². The van der Waals surface area contributed by atoms with Crippen LogP contribution in [0.1, 0.15) is 41.0 Å². The van der Waals surface area contributed by atoms with Crippen molar-refractivity contribution in [3.8, 4) is 0 Å². The highest BCUT2D eigenvalue weighted by Crippen LogP contribution is 1.98. The van der Waals surface area contributed by atoms with Gasteiger partial charge in [-0.3, -0.25) is 9.59 Å². The third-order valence-electron chi connectivity index (χ3n) is 2.36. The van der Waals surface area contributed by atoms with Crippen LogP contribution in [0.4, 0.5) is 0 Å². The first kappa shape index (κ1) is 13.9. The Morgan fingerprint density at radius 1 is 1.27 bits per heavy atom. The molecule has 0 saturated heterocycles. The van der Waals surface area contributed by atoms with E-state index in [1.54, 1.807) is 4.90 Å². The zero-order valence-electron chi connectivity index (χ0n) is 10.3. The van der Waals surface area contributed by atoms with Gasteiger partial charge in [0.15, 0.2) is 0 Å². The molecule has 0 aliphatic heterocycles. The molecule has 4 nitrogen and oxygen atoms in total. The Hall–Kier alpha value is -1.06. The fourth-order valence-corrected chi connectivity index (χ4v) is 1.23. The third-order valence-corrected chi connectivity index (χ3v) is 2.36. The SMILES string of the molecule is CCC(C)NC(=O)CN(C(C)=O)C(C)C. The van der Waals surface area contributed by atoms with Gasteiger partial charge >= 0.3 is 0 Å². The molecule has 15 heavy (non-hydrogen) atoms. The minimum absolute atomic E-state index is 0.0604. The molecule has 0 rings (SSSR count). The Morgan fingerprint density at radius 3 is 2.13 bits per heavy atom. The first-order valence-corrected chi connectivity index (χ1v) is 5.45. The Morgan fingerprint density at radius 2 is 1.80 bits per heavy atom. The van der Waals surface area contributed by atoms with E-state index in [1.165, 1.54) is 6.92 Å². The summed E-state index contributed by atoms with van der Waals surface area (Å²) in [7, 11) is 0. The van der Waals surface area contributed by atoms with Gasteiger partial charge in [-0.05, 0) is 27.2 Å². The second kappa shape index (κ2) is 6.43. The molecule has 0 radical (unpaired) electrons. The van der Waals surface area contributed by atoms with E-state index < -0.39 is 0 Å². The molecule has 0 bridgehead atoms. The quantitative estimate of drug-likeness (QED) is 0.746. The van der Waals surface area contributed by atoms with Crippen LogP contribution in [0.15, 0.2) is 0 Å². The van der Waals surface area contributed by atoms with Crippen molar-refractivity contribution in [2.75, 3.05) is 6.54 Å². The summed E-state index contributed by atoms with van der Waals surface area (Å²) in [6.45, 7) is 9.39. The average Bonchev–Trinajstić information content (AvgIpc) is 2.12. The maximum atomic E-state index is 11.5. The van der Waals surface area contributed by atoms with Crippen LogP contribution >= 0.6 is 0 Å². The summed E-state index contributed by atoms with van der Waals surface area (Å²) in [6.07, 6.45) is 0.896. The lowest BCUT2D eigenvalue weighted by molar-refractivity contribution is -0.136. The van der Waals surface area contributed by atoms with E-state index in [9.17, 15) is 9.59 Å². The normalized spacial score (nSPS) is 12.4. The summed E-state index contributed by atoms with van der Waals surface area (Å²) >= 11 is 0. The highest BCUT2D eigenvalue weighted by Gasteiger charge is 2.17. The molecular weight excluding hydrogens is 192 g/mol. The lowest BCUT2D eigenvalue weighted by Crippen LogP contribution is -2.45.